The molecule has 13 heavy (non-hydrogen) atoms. The lowest BCUT2D eigenvalue weighted by Crippen LogP contribution is -1.94. The standard InChI is InChI=1S/C9H8FNO2/c1-6-2-3-7(11-5-6)4-8(10)9(12)13/h2-5H,1H3,(H,12,13)/b8-4+. The van der Waals surface area contributed by atoms with Gasteiger partial charge in [-0.1, -0.05) is 6.07 Å². The van der Waals surface area contributed by atoms with Crippen LogP contribution in [0, 0.1) is 6.92 Å². The third-order valence-corrected chi connectivity index (χ3v) is 1.41. The number of carbonyl (C=O) groups is 1. The first-order valence-corrected chi connectivity index (χ1v) is 3.63. The highest BCUT2D eigenvalue weighted by Crippen LogP contribution is 2.06. The molecule has 68 valence electrons. The van der Waals surface area contributed by atoms with Crippen LogP contribution in [-0.4, -0.2) is 16.1 Å². The molecule has 0 aliphatic rings. The number of pyridine rings is 1. The number of aromatic nitrogens is 1. The summed E-state index contributed by atoms with van der Waals surface area (Å²) in [6, 6.07) is 3.28. The van der Waals surface area contributed by atoms with Gasteiger partial charge in [0.05, 0.1) is 5.69 Å². The predicted octanol–water partition coefficient (Wildman–Crippen LogP) is 1.79. The lowest BCUT2D eigenvalue weighted by Gasteiger charge is -1.93. The van der Waals surface area contributed by atoms with Gasteiger partial charge in [0.25, 0.3) is 0 Å². The number of carboxylic acid groups (broad SMARTS) is 1. The van der Waals surface area contributed by atoms with Crippen LogP contribution in [0.3, 0.4) is 0 Å². The minimum absolute atomic E-state index is 0.297. The van der Waals surface area contributed by atoms with Crippen LogP contribution in [0.1, 0.15) is 11.3 Å². The molecule has 0 spiro atoms. The van der Waals surface area contributed by atoms with Gasteiger partial charge in [0.15, 0.2) is 0 Å². The van der Waals surface area contributed by atoms with Crippen molar-refractivity contribution in [2.24, 2.45) is 0 Å². The Morgan fingerprint density at radius 2 is 2.31 bits per heavy atom. The molecule has 1 aromatic rings. The molecule has 1 heterocycles. The van der Waals surface area contributed by atoms with Crippen molar-refractivity contribution in [1.82, 2.24) is 4.98 Å². The molecule has 0 aliphatic carbocycles. The second-order valence-corrected chi connectivity index (χ2v) is 2.56. The Hall–Kier alpha value is -1.71. The van der Waals surface area contributed by atoms with E-state index < -0.39 is 11.8 Å². The van der Waals surface area contributed by atoms with Crippen LogP contribution >= 0.6 is 0 Å². The fraction of sp³-hybridized carbons (Fsp3) is 0.111. The number of hydrogen-bond acceptors (Lipinski definition) is 2. The van der Waals surface area contributed by atoms with E-state index in [9.17, 15) is 9.18 Å². The summed E-state index contributed by atoms with van der Waals surface area (Å²) in [6.45, 7) is 1.84. The monoisotopic (exact) mass is 181 g/mol. The zero-order valence-corrected chi connectivity index (χ0v) is 6.99. The van der Waals surface area contributed by atoms with Gasteiger partial charge in [0, 0.05) is 12.3 Å². The van der Waals surface area contributed by atoms with E-state index in [1.165, 1.54) is 0 Å². The minimum Gasteiger partial charge on any atom is -0.476 e. The number of hydrogen-bond donors (Lipinski definition) is 1. The van der Waals surface area contributed by atoms with Crippen molar-refractivity contribution in [2.75, 3.05) is 0 Å². The maximum absolute atomic E-state index is 12.5. The van der Waals surface area contributed by atoms with Crippen molar-refractivity contribution in [3.8, 4) is 0 Å². The van der Waals surface area contributed by atoms with E-state index in [-0.39, 0.29) is 0 Å². The average molecular weight is 181 g/mol. The number of rotatable bonds is 2. The summed E-state index contributed by atoms with van der Waals surface area (Å²) in [5, 5.41) is 8.23. The molecule has 0 unspecified atom stereocenters. The molecule has 1 rings (SSSR count). The molecular weight excluding hydrogens is 173 g/mol. The van der Waals surface area contributed by atoms with Crippen molar-refractivity contribution in [1.29, 1.82) is 0 Å². The van der Waals surface area contributed by atoms with Crippen LogP contribution < -0.4 is 0 Å². The van der Waals surface area contributed by atoms with E-state index in [1.54, 1.807) is 18.3 Å². The molecule has 1 N–H and O–H groups in total. The van der Waals surface area contributed by atoms with Crippen LogP contribution in [-0.2, 0) is 4.79 Å². The normalized spacial score (nSPS) is 11.4. The quantitative estimate of drug-likeness (QED) is 0.707. The molecule has 3 nitrogen and oxygen atoms in total. The minimum atomic E-state index is -1.58. The van der Waals surface area contributed by atoms with Gasteiger partial charge in [-0.25, -0.2) is 4.79 Å². The fourth-order valence-electron chi connectivity index (χ4n) is 0.756. The Morgan fingerprint density at radius 1 is 1.62 bits per heavy atom. The second kappa shape index (κ2) is 3.80. The number of aryl methyl sites for hydroxylation is 1. The van der Waals surface area contributed by atoms with Gasteiger partial charge in [-0.2, -0.15) is 4.39 Å². The molecular formula is C9H8FNO2. The van der Waals surface area contributed by atoms with Gasteiger partial charge in [-0.15, -0.1) is 0 Å². The molecule has 1 aromatic heterocycles. The zero-order chi connectivity index (χ0) is 9.84. The fourth-order valence-corrected chi connectivity index (χ4v) is 0.756. The van der Waals surface area contributed by atoms with Crippen LogP contribution in [0.2, 0.25) is 0 Å². The summed E-state index contributed by atoms with van der Waals surface area (Å²) in [6.07, 6.45) is 2.42. The van der Waals surface area contributed by atoms with E-state index in [4.69, 9.17) is 5.11 Å². The highest BCUT2D eigenvalue weighted by Gasteiger charge is 2.04. The average Bonchev–Trinajstić information content (AvgIpc) is 2.08. The van der Waals surface area contributed by atoms with E-state index in [1.807, 2.05) is 6.92 Å². The van der Waals surface area contributed by atoms with Gasteiger partial charge in [0.2, 0.25) is 5.83 Å². The third kappa shape index (κ3) is 2.66. The molecule has 0 bridgehead atoms. The first kappa shape index (κ1) is 9.38. The molecule has 0 amide bonds. The molecule has 4 heteroatoms. The maximum Gasteiger partial charge on any atom is 0.364 e. The van der Waals surface area contributed by atoms with E-state index in [2.05, 4.69) is 4.98 Å². The maximum atomic E-state index is 12.5. The van der Waals surface area contributed by atoms with Crippen molar-refractivity contribution in [3.63, 3.8) is 0 Å². The van der Waals surface area contributed by atoms with Gasteiger partial charge in [-0.3, -0.25) is 4.98 Å². The van der Waals surface area contributed by atoms with Crippen molar-refractivity contribution in [2.45, 2.75) is 6.92 Å². The van der Waals surface area contributed by atoms with Crippen LogP contribution in [0.5, 0.6) is 0 Å². The Morgan fingerprint density at radius 3 is 2.77 bits per heavy atom. The lowest BCUT2D eigenvalue weighted by molar-refractivity contribution is -0.134. The summed E-state index contributed by atoms with van der Waals surface area (Å²) < 4.78 is 12.5. The van der Waals surface area contributed by atoms with Gasteiger partial charge >= 0.3 is 5.97 Å². The highest BCUT2D eigenvalue weighted by atomic mass is 19.1. The molecule has 0 atom stereocenters. The summed E-state index contributed by atoms with van der Waals surface area (Å²) >= 11 is 0. The largest absolute Gasteiger partial charge is 0.476 e. The lowest BCUT2D eigenvalue weighted by atomic mass is 10.2. The summed E-state index contributed by atoms with van der Waals surface area (Å²) in [5.74, 6) is -2.79. The van der Waals surface area contributed by atoms with E-state index in [0.717, 1.165) is 11.6 Å². The summed E-state index contributed by atoms with van der Waals surface area (Å²) in [5.41, 5.74) is 1.23. The van der Waals surface area contributed by atoms with Gasteiger partial charge in [-0.05, 0) is 18.6 Å². The number of halogens is 1. The Labute approximate surface area is 74.5 Å². The molecule has 0 saturated carbocycles. The molecule has 0 aromatic carbocycles. The molecule has 0 radical (unpaired) electrons. The first-order valence-electron chi connectivity index (χ1n) is 3.63. The SMILES string of the molecule is Cc1ccc(/C=C(/F)C(=O)O)nc1. The van der Waals surface area contributed by atoms with Crippen LogP contribution in [0.4, 0.5) is 4.39 Å². The van der Waals surface area contributed by atoms with Gasteiger partial charge in [0.1, 0.15) is 0 Å². The Bertz CT molecular complexity index is 343. The molecule has 0 saturated heterocycles. The summed E-state index contributed by atoms with van der Waals surface area (Å²) in [4.78, 5) is 13.9. The smallest absolute Gasteiger partial charge is 0.364 e. The predicted molar refractivity (Wildman–Crippen MR) is 45.7 cm³/mol. The van der Waals surface area contributed by atoms with Crippen LogP contribution in [0.15, 0.2) is 24.2 Å². The Kier molecular flexibility index (Phi) is 2.74. The highest BCUT2D eigenvalue weighted by molar-refractivity contribution is 5.89. The molecule has 0 fully saturated rings. The number of aliphatic carboxylic acids is 1. The van der Waals surface area contributed by atoms with E-state index in [0.29, 0.717) is 5.69 Å². The Balaban J connectivity index is 2.92. The third-order valence-electron chi connectivity index (χ3n) is 1.41. The van der Waals surface area contributed by atoms with Gasteiger partial charge < -0.3 is 5.11 Å². The van der Waals surface area contributed by atoms with Crippen LogP contribution in [0.25, 0.3) is 6.08 Å². The van der Waals surface area contributed by atoms with Crippen molar-refractivity contribution < 1.29 is 14.3 Å². The topological polar surface area (TPSA) is 50.2 Å². The van der Waals surface area contributed by atoms with Crippen molar-refractivity contribution in [3.05, 3.63) is 35.4 Å². The first-order chi connectivity index (χ1) is 6.09. The van der Waals surface area contributed by atoms with Crippen molar-refractivity contribution >= 4 is 12.0 Å². The van der Waals surface area contributed by atoms with E-state index >= 15 is 0 Å². The second-order valence-electron chi connectivity index (χ2n) is 2.56. The zero-order valence-electron chi connectivity index (χ0n) is 6.99. The number of nitrogens with zero attached hydrogens (tertiary/aromatic N) is 1. The summed E-state index contributed by atoms with van der Waals surface area (Å²) in [7, 11) is 0. The molecule has 0 aliphatic heterocycles. The number of carboxylic acids is 1.